The Hall–Kier alpha value is -0.900. The highest BCUT2D eigenvalue weighted by Crippen LogP contribution is 2.27. The Balaban J connectivity index is 1.90. The molecule has 0 amide bonds. The number of hydrogen-bond acceptors (Lipinski definition) is 3. The molecule has 1 fully saturated rings. The molecule has 16 heavy (non-hydrogen) atoms. The summed E-state index contributed by atoms with van der Waals surface area (Å²) in [5.74, 6) is 0. The third-order valence-corrected chi connectivity index (χ3v) is 3.55. The van der Waals surface area contributed by atoms with Crippen molar-refractivity contribution in [3.63, 3.8) is 0 Å². The van der Waals surface area contributed by atoms with Crippen molar-refractivity contribution in [1.82, 2.24) is 5.32 Å². The van der Waals surface area contributed by atoms with Gasteiger partial charge in [-0.25, -0.2) is 0 Å². The molecule has 3 rings (SSSR count). The monoisotopic (exact) mass is 219 g/mol. The lowest BCUT2D eigenvalue weighted by molar-refractivity contribution is 0.110. The van der Waals surface area contributed by atoms with Gasteiger partial charge in [-0.1, -0.05) is 18.2 Å². The zero-order valence-corrected chi connectivity index (χ0v) is 9.28. The summed E-state index contributed by atoms with van der Waals surface area (Å²) >= 11 is 0. The number of fused-ring (bicyclic) bond motifs is 1. The van der Waals surface area contributed by atoms with Crippen molar-refractivity contribution in [2.75, 3.05) is 13.2 Å². The molecular formula is C13H17NO2. The minimum Gasteiger partial charge on any atom is -0.391 e. The Bertz CT molecular complexity index is 392. The standard InChI is InChI=1S/C13H17NO2/c15-12-3-5-14-13(12)10-1-2-11-8-16-6-4-9(11)7-10/h1-2,7,12-15H,3-6,8H2. The molecule has 0 aromatic heterocycles. The highest BCUT2D eigenvalue weighted by Gasteiger charge is 2.26. The zero-order valence-electron chi connectivity index (χ0n) is 9.28. The molecular weight excluding hydrogens is 202 g/mol. The van der Waals surface area contributed by atoms with E-state index in [0.29, 0.717) is 0 Å². The van der Waals surface area contributed by atoms with E-state index in [1.807, 2.05) is 0 Å². The van der Waals surface area contributed by atoms with Crippen LogP contribution in [0.2, 0.25) is 0 Å². The first-order chi connectivity index (χ1) is 7.84. The van der Waals surface area contributed by atoms with Crippen LogP contribution in [0.25, 0.3) is 0 Å². The second kappa shape index (κ2) is 4.17. The van der Waals surface area contributed by atoms with Crippen molar-refractivity contribution in [1.29, 1.82) is 0 Å². The van der Waals surface area contributed by atoms with Crippen LogP contribution in [0.3, 0.4) is 0 Å². The van der Waals surface area contributed by atoms with Gasteiger partial charge in [0.1, 0.15) is 0 Å². The van der Waals surface area contributed by atoms with Gasteiger partial charge in [-0.2, -0.15) is 0 Å². The normalized spacial score (nSPS) is 29.1. The molecule has 3 nitrogen and oxygen atoms in total. The van der Waals surface area contributed by atoms with Gasteiger partial charge in [-0.05, 0) is 36.1 Å². The first-order valence-corrected chi connectivity index (χ1v) is 5.95. The first kappa shape index (κ1) is 10.3. The van der Waals surface area contributed by atoms with Crippen molar-refractivity contribution in [3.05, 3.63) is 34.9 Å². The SMILES string of the molecule is OC1CCNC1c1ccc2c(c1)CCOC2. The third kappa shape index (κ3) is 1.75. The second-order valence-corrected chi connectivity index (χ2v) is 4.62. The number of rotatable bonds is 1. The van der Waals surface area contributed by atoms with E-state index in [1.165, 1.54) is 16.7 Å². The fraction of sp³-hybridized carbons (Fsp3) is 0.538. The molecule has 2 aliphatic heterocycles. The average Bonchev–Trinajstić information content (AvgIpc) is 2.75. The van der Waals surface area contributed by atoms with Crippen LogP contribution < -0.4 is 5.32 Å². The summed E-state index contributed by atoms with van der Waals surface area (Å²) in [4.78, 5) is 0. The van der Waals surface area contributed by atoms with Gasteiger partial charge in [-0.15, -0.1) is 0 Å². The molecule has 3 heteroatoms. The van der Waals surface area contributed by atoms with E-state index in [9.17, 15) is 5.11 Å². The molecule has 0 saturated carbocycles. The van der Waals surface area contributed by atoms with E-state index in [0.717, 1.165) is 32.6 Å². The van der Waals surface area contributed by atoms with Crippen molar-refractivity contribution < 1.29 is 9.84 Å². The van der Waals surface area contributed by atoms with Gasteiger partial charge < -0.3 is 15.2 Å². The highest BCUT2D eigenvalue weighted by molar-refractivity contribution is 5.35. The minimum atomic E-state index is -0.238. The van der Waals surface area contributed by atoms with Gasteiger partial charge in [-0.3, -0.25) is 0 Å². The van der Waals surface area contributed by atoms with Gasteiger partial charge in [0.05, 0.1) is 25.4 Å². The molecule has 0 spiro atoms. The second-order valence-electron chi connectivity index (χ2n) is 4.62. The van der Waals surface area contributed by atoms with Gasteiger partial charge >= 0.3 is 0 Å². The summed E-state index contributed by atoms with van der Waals surface area (Å²) in [5.41, 5.74) is 3.89. The molecule has 2 aliphatic rings. The Labute approximate surface area is 95.4 Å². The van der Waals surface area contributed by atoms with Crippen LogP contribution in [0.4, 0.5) is 0 Å². The van der Waals surface area contributed by atoms with E-state index in [-0.39, 0.29) is 12.1 Å². The summed E-state index contributed by atoms with van der Waals surface area (Å²) in [6.45, 7) is 2.46. The largest absolute Gasteiger partial charge is 0.391 e. The van der Waals surface area contributed by atoms with Crippen LogP contribution in [0, 0.1) is 0 Å². The van der Waals surface area contributed by atoms with E-state index >= 15 is 0 Å². The van der Waals surface area contributed by atoms with Gasteiger partial charge in [0.25, 0.3) is 0 Å². The number of benzene rings is 1. The van der Waals surface area contributed by atoms with E-state index in [1.54, 1.807) is 0 Å². The molecule has 0 aliphatic carbocycles. The quantitative estimate of drug-likeness (QED) is 0.744. The summed E-state index contributed by atoms with van der Waals surface area (Å²) in [5, 5.41) is 13.2. The topological polar surface area (TPSA) is 41.5 Å². The zero-order chi connectivity index (χ0) is 11.0. The lowest BCUT2D eigenvalue weighted by Crippen LogP contribution is -2.21. The fourth-order valence-corrected chi connectivity index (χ4v) is 2.61. The van der Waals surface area contributed by atoms with E-state index < -0.39 is 0 Å². The number of aliphatic hydroxyl groups excluding tert-OH is 1. The van der Waals surface area contributed by atoms with E-state index in [2.05, 4.69) is 23.5 Å². The summed E-state index contributed by atoms with van der Waals surface area (Å²) in [6, 6.07) is 6.59. The number of ether oxygens (including phenoxy) is 1. The maximum absolute atomic E-state index is 9.86. The van der Waals surface area contributed by atoms with E-state index in [4.69, 9.17) is 4.74 Å². The molecule has 2 atom stereocenters. The fourth-order valence-electron chi connectivity index (χ4n) is 2.61. The summed E-state index contributed by atoms with van der Waals surface area (Å²) < 4.78 is 5.42. The van der Waals surface area contributed by atoms with Crippen LogP contribution in [0.15, 0.2) is 18.2 Å². The number of hydrogen-bond donors (Lipinski definition) is 2. The Kier molecular flexibility index (Phi) is 2.67. The van der Waals surface area contributed by atoms with Gasteiger partial charge in [0, 0.05) is 0 Å². The molecule has 0 bridgehead atoms. The van der Waals surface area contributed by atoms with Crippen molar-refractivity contribution in [2.45, 2.75) is 31.6 Å². The van der Waals surface area contributed by atoms with Gasteiger partial charge in [0.15, 0.2) is 0 Å². The van der Waals surface area contributed by atoms with Crippen LogP contribution in [-0.4, -0.2) is 24.4 Å². The molecule has 2 N–H and O–H groups in total. The molecule has 1 saturated heterocycles. The van der Waals surface area contributed by atoms with Crippen LogP contribution in [-0.2, 0) is 17.8 Å². The maximum atomic E-state index is 9.86. The Morgan fingerprint density at radius 2 is 2.25 bits per heavy atom. The lowest BCUT2D eigenvalue weighted by atomic mass is 9.95. The molecule has 86 valence electrons. The van der Waals surface area contributed by atoms with Crippen molar-refractivity contribution in [2.24, 2.45) is 0 Å². The van der Waals surface area contributed by atoms with Crippen molar-refractivity contribution in [3.8, 4) is 0 Å². The predicted octanol–water partition coefficient (Wildman–Crippen LogP) is 1.15. The van der Waals surface area contributed by atoms with Crippen LogP contribution >= 0.6 is 0 Å². The molecule has 1 aromatic carbocycles. The molecule has 0 radical (unpaired) electrons. The third-order valence-electron chi connectivity index (χ3n) is 3.55. The highest BCUT2D eigenvalue weighted by atomic mass is 16.5. The Morgan fingerprint density at radius 3 is 3.06 bits per heavy atom. The number of nitrogens with one attached hydrogen (secondary N) is 1. The lowest BCUT2D eigenvalue weighted by Gasteiger charge is -2.21. The first-order valence-electron chi connectivity index (χ1n) is 5.95. The van der Waals surface area contributed by atoms with Gasteiger partial charge in [0.2, 0.25) is 0 Å². The molecule has 2 heterocycles. The Morgan fingerprint density at radius 1 is 1.31 bits per heavy atom. The molecule has 1 aromatic rings. The molecule has 2 unspecified atom stereocenters. The van der Waals surface area contributed by atoms with Crippen molar-refractivity contribution >= 4 is 0 Å². The number of aliphatic hydroxyl groups is 1. The average molecular weight is 219 g/mol. The summed E-state index contributed by atoms with van der Waals surface area (Å²) in [6.07, 6.45) is 1.61. The summed E-state index contributed by atoms with van der Waals surface area (Å²) in [7, 11) is 0. The minimum absolute atomic E-state index is 0.119. The maximum Gasteiger partial charge on any atom is 0.0747 e. The van der Waals surface area contributed by atoms with Crippen LogP contribution in [0.5, 0.6) is 0 Å². The van der Waals surface area contributed by atoms with Crippen LogP contribution in [0.1, 0.15) is 29.2 Å². The smallest absolute Gasteiger partial charge is 0.0747 e. The predicted molar refractivity (Wildman–Crippen MR) is 61.2 cm³/mol.